The van der Waals surface area contributed by atoms with Gasteiger partial charge in [0.25, 0.3) is 5.56 Å². The topological polar surface area (TPSA) is 31.2 Å². The van der Waals surface area contributed by atoms with Crippen molar-refractivity contribution >= 4 is 10.8 Å². The number of methoxy groups -OCH3 is 1. The van der Waals surface area contributed by atoms with E-state index in [0.29, 0.717) is 17.1 Å². The number of rotatable bonds is 2. The van der Waals surface area contributed by atoms with E-state index < -0.39 is 0 Å². The van der Waals surface area contributed by atoms with Crippen LogP contribution in [-0.2, 0) is 7.05 Å². The van der Waals surface area contributed by atoms with Gasteiger partial charge in [0.05, 0.1) is 12.5 Å². The molecule has 1 aromatic heterocycles. The van der Waals surface area contributed by atoms with Crippen LogP contribution in [0.3, 0.4) is 0 Å². The van der Waals surface area contributed by atoms with Gasteiger partial charge in [0, 0.05) is 13.2 Å². The summed E-state index contributed by atoms with van der Waals surface area (Å²) in [5.74, 6) is 1.02. The maximum Gasteiger partial charge on any atom is 0.261 e. The number of hydrogen-bond donors (Lipinski definition) is 0. The number of ether oxygens (including phenoxy) is 1. The van der Waals surface area contributed by atoms with E-state index in [-0.39, 0.29) is 5.56 Å². The second-order valence-electron chi connectivity index (χ2n) is 4.54. The standard InChI is InChI=1S/C14H17NO2/c1-9(2)11-8-15(3)14(16)13-10(11)6-5-7-12(13)17-4/h5-9H,1-4H3. The van der Waals surface area contributed by atoms with Crippen molar-refractivity contribution in [2.75, 3.05) is 7.11 Å². The number of hydrogen-bond acceptors (Lipinski definition) is 2. The maximum atomic E-state index is 12.2. The molecule has 1 aromatic carbocycles. The smallest absolute Gasteiger partial charge is 0.261 e. The molecule has 0 unspecified atom stereocenters. The lowest BCUT2D eigenvalue weighted by molar-refractivity contribution is 0.419. The quantitative estimate of drug-likeness (QED) is 0.795. The Hall–Kier alpha value is -1.77. The summed E-state index contributed by atoms with van der Waals surface area (Å²) in [6.07, 6.45) is 1.91. The summed E-state index contributed by atoms with van der Waals surface area (Å²) >= 11 is 0. The van der Waals surface area contributed by atoms with Crippen LogP contribution >= 0.6 is 0 Å². The summed E-state index contributed by atoms with van der Waals surface area (Å²) in [6, 6.07) is 5.73. The molecule has 0 spiro atoms. The highest BCUT2D eigenvalue weighted by Gasteiger charge is 2.13. The van der Waals surface area contributed by atoms with Crippen LogP contribution in [0.5, 0.6) is 5.75 Å². The molecule has 1 heterocycles. The van der Waals surface area contributed by atoms with Crippen molar-refractivity contribution in [2.45, 2.75) is 19.8 Å². The van der Waals surface area contributed by atoms with Crippen molar-refractivity contribution in [1.29, 1.82) is 0 Å². The van der Waals surface area contributed by atoms with Gasteiger partial charge in [-0.3, -0.25) is 4.79 Å². The van der Waals surface area contributed by atoms with Crippen LogP contribution in [0, 0.1) is 0 Å². The van der Waals surface area contributed by atoms with Crippen LogP contribution in [0.1, 0.15) is 25.3 Å². The fraction of sp³-hybridized carbons (Fsp3) is 0.357. The Labute approximate surface area is 101 Å². The van der Waals surface area contributed by atoms with E-state index >= 15 is 0 Å². The van der Waals surface area contributed by atoms with Gasteiger partial charge in [-0.25, -0.2) is 0 Å². The molecule has 3 nitrogen and oxygen atoms in total. The summed E-state index contributed by atoms with van der Waals surface area (Å²) in [7, 11) is 3.37. The van der Waals surface area contributed by atoms with Gasteiger partial charge in [0.15, 0.2) is 0 Å². The largest absolute Gasteiger partial charge is 0.496 e. The Kier molecular flexibility index (Phi) is 2.92. The van der Waals surface area contributed by atoms with Gasteiger partial charge in [-0.2, -0.15) is 0 Å². The van der Waals surface area contributed by atoms with Gasteiger partial charge in [0.2, 0.25) is 0 Å². The Morgan fingerprint density at radius 1 is 1.29 bits per heavy atom. The van der Waals surface area contributed by atoms with E-state index in [1.165, 1.54) is 5.56 Å². The Morgan fingerprint density at radius 3 is 2.59 bits per heavy atom. The first-order valence-electron chi connectivity index (χ1n) is 5.72. The number of aryl methyl sites for hydroxylation is 1. The zero-order valence-electron chi connectivity index (χ0n) is 10.7. The average molecular weight is 231 g/mol. The average Bonchev–Trinajstić information content (AvgIpc) is 2.32. The highest BCUT2D eigenvalue weighted by molar-refractivity contribution is 5.90. The molecular formula is C14H17NO2. The van der Waals surface area contributed by atoms with Gasteiger partial charge >= 0.3 is 0 Å². The molecule has 0 radical (unpaired) electrons. The zero-order valence-corrected chi connectivity index (χ0v) is 10.7. The minimum absolute atomic E-state index is 0.0122. The molecule has 3 heteroatoms. The molecule has 0 amide bonds. The molecule has 0 aliphatic carbocycles. The predicted octanol–water partition coefficient (Wildman–Crippen LogP) is 2.67. The molecule has 0 aliphatic heterocycles. The van der Waals surface area contributed by atoms with Gasteiger partial charge in [-0.05, 0) is 22.9 Å². The number of fused-ring (bicyclic) bond motifs is 1. The van der Waals surface area contributed by atoms with Crippen molar-refractivity contribution in [3.05, 3.63) is 40.3 Å². The molecule has 0 bridgehead atoms. The van der Waals surface area contributed by atoms with Gasteiger partial charge in [0.1, 0.15) is 5.75 Å². The predicted molar refractivity (Wildman–Crippen MR) is 69.8 cm³/mol. The normalized spacial score (nSPS) is 11.1. The highest BCUT2D eigenvalue weighted by Crippen LogP contribution is 2.28. The van der Waals surface area contributed by atoms with E-state index in [9.17, 15) is 4.79 Å². The summed E-state index contributed by atoms with van der Waals surface area (Å²) in [4.78, 5) is 12.2. The van der Waals surface area contributed by atoms with E-state index in [0.717, 1.165) is 5.39 Å². The number of aromatic nitrogens is 1. The molecule has 2 aromatic rings. The summed E-state index contributed by atoms with van der Waals surface area (Å²) in [5.41, 5.74) is 1.16. The van der Waals surface area contributed by atoms with Crippen LogP contribution in [0.2, 0.25) is 0 Å². The van der Waals surface area contributed by atoms with Crippen LogP contribution < -0.4 is 10.3 Å². The summed E-state index contributed by atoms with van der Waals surface area (Å²) < 4.78 is 6.91. The Morgan fingerprint density at radius 2 is 2.00 bits per heavy atom. The molecule has 0 atom stereocenters. The Balaban J connectivity index is 2.98. The van der Waals surface area contributed by atoms with Crippen LogP contribution in [-0.4, -0.2) is 11.7 Å². The maximum absolute atomic E-state index is 12.2. The first-order chi connectivity index (χ1) is 8.06. The minimum atomic E-state index is -0.0122. The van der Waals surface area contributed by atoms with Crippen LogP contribution in [0.4, 0.5) is 0 Å². The third kappa shape index (κ3) is 1.82. The van der Waals surface area contributed by atoms with E-state index in [4.69, 9.17) is 4.74 Å². The third-order valence-electron chi connectivity index (χ3n) is 3.05. The molecule has 17 heavy (non-hydrogen) atoms. The number of benzene rings is 1. The van der Waals surface area contributed by atoms with Gasteiger partial charge in [-0.1, -0.05) is 26.0 Å². The van der Waals surface area contributed by atoms with Crippen LogP contribution in [0.25, 0.3) is 10.8 Å². The second-order valence-corrected chi connectivity index (χ2v) is 4.54. The fourth-order valence-corrected chi connectivity index (χ4v) is 2.14. The number of pyridine rings is 1. The zero-order chi connectivity index (χ0) is 12.6. The molecule has 0 saturated heterocycles. The molecule has 2 rings (SSSR count). The van der Waals surface area contributed by atoms with Crippen molar-refractivity contribution in [3.8, 4) is 5.75 Å². The lowest BCUT2D eigenvalue weighted by Gasteiger charge is -2.13. The summed E-state index contributed by atoms with van der Waals surface area (Å²) in [6.45, 7) is 4.25. The van der Waals surface area contributed by atoms with Crippen molar-refractivity contribution < 1.29 is 4.74 Å². The van der Waals surface area contributed by atoms with E-state index in [2.05, 4.69) is 13.8 Å². The van der Waals surface area contributed by atoms with Gasteiger partial charge in [-0.15, -0.1) is 0 Å². The molecular weight excluding hydrogens is 214 g/mol. The molecule has 0 N–H and O–H groups in total. The van der Waals surface area contributed by atoms with Gasteiger partial charge < -0.3 is 9.30 Å². The van der Waals surface area contributed by atoms with E-state index in [1.54, 1.807) is 18.7 Å². The Bertz CT molecular complexity index is 611. The van der Waals surface area contributed by atoms with Crippen molar-refractivity contribution in [1.82, 2.24) is 4.57 Å². The minimum Gasteiger partial charge on any atom is -0.496 e. The van der Waals surface area contributed by atoms with Crippen LogP contribution in [0.15, 0.2) is 29.2 Å². The summed E-state index contributed by atoms with van der Waals surface area (Å²) in [5, 5.41) is 1.66. The lowest BCUT2D eigenvalue weighted by atomic mass is 9.98. The van der Waals surface area contributed by atoms with Crippen molar-refractivity contribution in [2.24, 2.45) is 7.05 Å². The first kappa shape index (κ1) is 11.7. The van der Waals surface area contributed by atoms with E-state index in [1.807, 2.05) is 24.4 Å². The lowest BCUT2D eigenvalue weighted by Crippen LogP contribution is -2.18. The molecule has 90 valence electrons. The SMILES string of the molecule is COc1cccc2c(C(C)C)cn(C)c(=O)c12. The van der Waals surface area contributed by atoms with Crippen molar-refractivity contribution in [3.63, 3.8) is 0 Å². The third-order valence-corrected chi connectivity index (χ3v) is 3.05. The number of nitrogens with zero attached hydrogens (tertiary/aromatic N) is 1. The monoisotopic (exact) mass is 231 g/mol. The highest BCUT2D eigenvalue weighted by atomic mass is 16.5. The first-order valence-corrected chi connectivity index (χ1v) is 5.72. The molecule has 0 fully saturated rings. The fourth-order valence-electron chi connectivity index (χ4n) is 2.14. The molecule has 0 saturated carbocycles. The molecule has 0 aliphatic rings. The second kappa shape index (κ2) is 4.24.